The van der Waals surface area contributed by atoms with Crippen molar-refractivity contribution in [2.75, 3.05) is 7.11 Å². The molecule has 0 saturated heterocycles. The third-order valence-electron chi connectivity index (χ3n) is 3.36. The van der Waals surface area contributed by atoms with Gasteiger partial charge in [0.05, 0.1) is 13.3 Å². The van der Waals surface area contributed by atoms with Gasteiger partial charge in [0.15, 0.2) is 5.82 Å². The first-order chi connectivity index (χ1) is 11.2. The molecule has 6 heteroatoms. The van der Waals surface area contributed by atoms with Crippen molar-refractivity contribution in [3.8, 4) is 17.1 Å². The lowest BCUT2D eigenvalue weighted by atomic mass is 10.2. The molecule has 0 aliphatic rings. The molecule has 1 heterocycles. The summed E-state index contributed by atoms with van der Waals surface area (Å²) < 4.78 is 7.23. The number of hydrogen-bond acceptors (Lipinski definition) is 4. The van der Waals surface area contributed by atoms with Crippen molar-refractivity contribution in [1.82, 2.24) is 14.9 Å². The Balaban J connectivity index is 1.96. The third-order valence-corrected chi connectivity index (χ3v) is 3.63. The minimum Gasteiger partial charge on any atom is -0.497 e. The highest BCUT2D eigenvalue weighted by Crippen LogP contribution is 2.20. The maximum absolute atomic E-state index is 5.27. The molecule has 0 amide bonds. The Morgan fingerprint density at radius 1 is 1.22 bits per heavy atom. The van der Waals surface area contributed by atoms with E-state index in [2.05, 4.69) is 21.4 Å². The standard InChI is InChI=1S/C17H16N4OS/c1-12-4-3-5-13(10-12)11-18-21-16(19-20-17(21)23)14-6-8-15(22-2)9-7-14/h3-11H,1-2H3,(H,20,23). The Hall–Kier alpha value is -2.73. The van der Waals surface area contributed by atoms with Gasteiger partial charge in [-0.3, -0.25) is 0 Å². The van der Waals surface area contributed by atoms with E-state index in [1.54, 1.807) is 18.0 Å². The summed E-state index contributed by atoms with van der Waals surface area (Å²) in [7, 11) is 1.64. The summed E-state index contributed by atoms with van der Waals surface area (Å²) >= 11 is 5.27. The Morgan fingerprint density at radius 2 is 2.00 bits per heavy atom. The fourth-order valence-corrected chi connectivity index (χ4v) is 2.38. The Bertz CT molecular complexity index is 893. The van der Waals surface area contributed by atoms with Crippen LogP contribution in [0.1, 0.15) is 11.1 Å². The summed E-state index contributed by atoms with van der Waals surface area (Å²) in [5, 5.41) is 11.5. The molecule has 0 unspecified atom stereocenters. The number of aromatic nitrogens is 3. The monoisotopic (exact) mass is 324 g/mol. The molecule has 3 aromatic rings. The van der Waals surface area contributed by atoms with Gasteiger partial charge in [-0.2, -0.15) is 14.9 Å². The summed E-state index contributed by atoms with van der Waals surface area (Å²) in [6.45, 7) is 2.05. The maximum atomic E-state index is 5.27. The van der Waals surface area contributed by atoms with Gasteiger partial charge in [0.25, 0.3) is 0 Å². The average Bonchev–Trinajstić information content (AvgIpc) is 2.94. The molecule has 0 fully saturated rings. The van der Waals surface area contributed by atoms with E-state index in [9.17, 15) is 0 Å². The van der Waals surface area contributed by atoms with Crippen LogP contribution in [0.5, 0.6) is 5.75 Å². The van der Waals surface area contributed by atoms with Crippen LogP contribution in [0.4, 0.5) is 0 Å². The number of nitrogens with zero attached hydrogens (tertiary/aromatic N) is 3. The molecular weight excluding hydrogens is 308 g/mol. The maximum Gasteiger partial charge on any atom is 0.216 e. The molecule has 1 aromatic heterocycles. The van der Waals surface area contributed by atoms with Crippen molar-refractivity contribution in [3.63, 3.8) is 0 Å². The van der Waals surface area contributed by atoms with Crippen LogP contribution in [0.2, 0.25) is 0 Å². The fraction of sp³-hybridized carbons (Fsp3) is 0.118. The minimum atomic E-state index is 0.444. The number of aromatic amines is 1. The van der Waals surface area contributed by atoms with Gasteiger partial charge in [-0.25, -0.2) is 5.10 Å². The van der Waals surface area contributed by atoms with E-state index in [0.29, 0.717) is 10.6 Å². The summed E-state index contributed by atoms with van der Waals surface area (Å²) in [5.74, 6) is 1.44. The minimum absolute atomic E-state index is 0.444. The van der Waals surface area contributed by atoms with E-state index in [0.717, 1.165) is 16.9 Å². The van der Waals surface area contributed by atoms with Gasteiger partial charge in [0.2, 0.25) is 4.77 Å². The molecule has 0 aliphatic carbocycles. The van der Waals surface area contributed by atoms with E-state index in [1.807, 2.05) is 49.4 Å². The van der Waals surface area contributed by atoms with Crippen LogP contribution in [-0.2, 0) is 0 Å². The topological polar surface area (TPSA) is 55.2 Å². The molecule has 0 radical (unpaired) electrons. The Kier molecular flexibility index (Phi) is 4.34. The van der Waals surface area contributed by atoms with Gasteiger partial charge < -0.3 is 4.74 Å². The van der Waals surface area contributed by atoms with Crippen LogP contribution in [0.25, 0.3) is 11.4 Å². The van der Waals surface area contributed by atoms with Gasteiger partial charge >= 0.3 is 0 Å². The largest absolute Gasteiger partial charge is 0.497 e. The highest BCUT2D eigenvalue weighted by molar-refractivity contribution is 7.71. The molecule has 0 aliphatic heterocycles. The quantitative estimate of drug-likeness (QED) is 0.586. The van der Waals surface area contributed by atoms with Gasteiger partial charge in [-0.05, 0) is 49.0 Å². The van der Waals surface area contributed by atoms with E-state index in [4.69, 9.17) is 17.0 Å². The number of benzene rings is 2. The summed E-state index contributed by atoms with van der Waals surface area (Å²) in [6, 6.07) is 15.7. The normalized spacial score (nSPS) is 11.0. The number of H-pyrrole nitrogens is 1. The molecule has 0 spiro atoms. The Labute approximate surface area is 139 Å². The molecular formula is C17H16N4OS. The van der Waals surface area contributed by atoms with Crippen molar-refractivity contribution >= 4 is 18.4 Å². The van der Waals surface area contributed by atoms with Crippen molar-refractivity contribution in [1.29, 1.82) is 0 Å². The first-order valence-corrected chi connectivity index (χ1v) is 7.51. The van der Waals surface area contributed by atoms with E-state index >= 15 is 0 Å². The zero-order valence-electron chi connectivity index (χ0n) is 12.9. The smallest absolute Gasteiger partial charge is 0.216 e. The van der Waals surface area contributed by atoms with Crippen LogP contribution in [0.3, 0.4) is 0 Å². The summed E-state index contributed by atoms with van der Waals surface area (Å²) in [5.41, 5.74) is 3.09. The highest BCUT2D eigenvalue weighted by Gasteiger charge is 2.08. The van der Waals surface area contributed by atoms with Crippen LogP contribution < -0.4 is 4.74 Å². The first kappa shape index (κ1) is 15.2. The van der Waals surface area contributed by atoms with Crippen LogP contribution >= 0.6 is 12.2 Å². The number of ether oxygens (including phenoxy) is 1. The summed E-state index contributed by atoms with van der Waals surface area (Å²) in [4.78, 5) is 0. The molecule has 116 valence electrons. The second-order valence-electron chi connectivity index (χ2n) is 5.05. The molecule has 3 rings (SSSR count). The molecule has 0 bridgehead atoms. The van der Waals surface area contributed by atoms with Gasteiger partial charge in [-0.1, -0.05) is 29.8 Å². The molecule has 2 aromatic carbocycles. The van der Waals surface area contributed by atoms with Crippen molar-refractivity contribution in [3.05, 3.63) is 64.4 Å². The number of rotatable bonds is 4. The second-order valence-corrected chi connectivity index (χ2v) is 5.44. The fourth-order valence-electron chi connectivity index (χ4n) is 2.20. The van der Waals surface area contributed by atoms with Crippen molar-refractivity contribution in [2.45, 2.75) is 6.92 Å². The molecule has 1 N–H and O–H groups in total. The van der Waals surface area contributed by atoms with E-state index in [-0.39, 0.29) is 0 Å². The van der Waals surface area contributed by atoms with Gasteiger partial charge in [-0.15, -0.1) is 0 Å². The molecule has 0 atom stereocenters. The predicted octanol–water partition coefficient (Wildman–Crippen LogP) is 3.81. The van der Waals surface area contributed by atoms with E-state index in [1.165, 1.54) is 5.56 Å². The number of methoxy groups -OCH3 is 1. The highest BCUT2D eigenvalue weighted by atomic mass is 32.1. The molecule has 5 nitrogen and oxygen atoms in total. The average molecular weight is 324 g/mol. The van der Waals surface area contributed by atoms with Crippen molar-refractivity contribution in [2.24, 2.45) is 5.10 Å². The van der Waals surface area contributed by atoms with Crippen molar-refractivity contribution < 1.29 is 4.74 Å². The predicted molar refractivity (Wildman–Crippen MR) is 93.6 cm³/mol. The number of nitrogens with one attached hydrogen (secondary N) is 1. The lowest BCUT2D eigenvalue weighted by Gasteiger charge is -2.03. The van der Waals surface area contributed by atoms with E-state index < -0.39 is 0 Å². The lowest BCUT2D eigenvalue weighted by molar-refractivity contribution is 0.415. The lowest BCUT2D eigenvalue weighted by Crippen LogP contribution is -1.95. The van der Waals surface area contributed by atoms with Crippen LogP contribution in [0.15, 0.2) is 53.6 Å². The first-order valence-electron chi connectivity index (χ1n) is 7.10. The zero-order chi connectivity index (χ0) is 16.2. The number of aryl methyl sites for hydroxylation is 1. The molecule has 0 saturated carbocycles. The summed E-state index contributed by atoms with van der Waals surface area (Å²) in [6.07, 6.45) is 1.77. The van der Waals surface area contributed by atoms with Crippen LogP contribution in [-0.4, -0.2) is 28.2 Å². The zero-order valence-corrected chi connectivity index (χ0v) is 13.7. The number of hydrogen-bond donors (Lipinski definition) is 1. The van der Waals surface area contributed by atoms with Gasteiger partial charge in [0.1, 0.15) is 5.75 Å². The third kappa shape index (κ3) is 3.37. The van der Waals surface area contributed by atoms with Gasteiger partial charge in [0, 0.05) is 5.56 Å². The SMILES string of the molecule is COc1ccc(-c2n[nH]c(=S)n2N=Cc2cccc(C)c2)cc1. The Morgan fingerprint density at radius 3 is 2.70 bits per heavy atom. The molecule has 23 heavy (non-hydrogen) atoms. The van der Waals surface area contributed by atoms with Crippen LogP contribution in [0, 0.1) is 11.7 Å². The second kappa shape index (κ2) is 6.58.